The third kappa shape index (κ3) is 4.35. The number of ether oxygens (including phenoxy) is 2. The van der Waals surface area contributed by atoms with E-state index in [0.29, 0.717) is 17.1 Å². The molecular formula is C21H26N2O3. The molecule has 26 heavy (non-hydrogen) atoms. The van der Waals surface area contributed by atoms with Gasteiger partial charge in [-0.15, -0.1) is 0 Å². The van der Waals surface area contributed by atoms with Gasteiger partial charge in [0.1, 0.15) is 0 Å². The first-order valence-corrected chi connectivity index (χ1v) is 8.99. The van der Waals surface area contributed by atoms with Crippen molar-refractivity contribution < 1.29 is 14.3 Å². The van der Waals surface area contributed by atoms with Crippen molar-refractivity contribution in [2.45, 2.75) is 13.0 Å². The lowest BCUT2D eigenvalue weighted by molar-refractivity contribution is 0.0760. The molecule has 2 aromatic rings. The van der Waals surface area contributed by atoms with Gasteiger partial charge in [0.2, 0.25) is 0 Å². The summed E-state index contributed by atoms with van der Waals surface area (Å²) in [6, 6.07) is 15.8. The van der Waals surface area contributed by atoms with Crippen LogP contribution in [0.5, 0.6) is 11.5 Å². The number of hydrogen-bond donors (Lipinski definition) is 0. The van der Waals surface area contributed by atoms with Gasteiger partial charge in [0.15, 0.2) is 11.5 Å². The maximum Gasteiger partial charge on any atom is 0.254 e. The van der Waals surface area contributed by atoms with Gasteiger partial charge in [0.05, 0.1) is 14.2 Å². The third-order valence-electron chi connectivity index (χ3n) is 4.76. The molecule has 1 heterocycles. The number of nitrogens with zero attached hydrogens (tertiary/aromatic N) is 2. The van der Waals surface area contributed by atoms with E-state index >= 15 is 0 Å². The SMILES string of the molecule is COc1ccc(C(=O)N2CCCN(Cc3ccccc3)CC2)cc1OC. The van der Waals surface area contributed by atoms with Crippen LogP contribution in [0.4, 0.5) is 0 Å². The molecule has 1 fully saturated rings. The van der Waals surface area contributed by atoms with Gasteiger partial charge in [-0.25, -0.2) is 0 Å². The molecular weight excluding hydrogens is 328 g/mol. The molecule has 3 rings (SSSR count). The van der Waals surface area contributed by atoms with Crippen LogP contribution in [0.2, 0.25) is 0 Å². The number of benzene rings is 2. The molecule has 1 aliphatic rings. The summed E-state index contributed by atoms with van der Waals surface area (Å²) in [5.74, 6) is 1.26. The van der Waals surface area contributed by atoms with Crippen molar-refractivity contribution in [3.63, 3.8) is 0 Å². The van der Waals surface area contributed by atoms with Crippen molar-refractivity contribution >= 4 is 5.91 Å². The Labute approximate surface area is 155 Å². The number of carbonyl (C=O) groups excluding carboxylic acids is 1. The van der Waals surface area contributed by atoms with Gasteiger partial charge in [-0.05, 0) is 30.2 Å². The maximum absolute atomic E-state index is 12.9. The van der Waals surface area contributed by atoms with E-state index in [9.17, 15) is 4.79 Å². The lowest BCUT2D eigenvalue weighted by atomic mass is 10.1. The second kappa shape index (κ2) is 8.72. The Kier molecular flexibility index (Phi) is 6.12. The standard InChI is InChI=1S/C21H26N2O3/c1-25-19-10-9-18(15-20(19)26-2)21(24)23-12-6-11-22(13-14-23)16-17-7-4-3-5-8-17/h3-5,7-10,15H,6,11-14,16H2,1-2H3. The smallest absolute Gasteiger partial charge is 0.254 e. The molecule has 0 saturated carbocycles. The molecule has 5 nitrogen and oxygen atoms in total. The molecule has 0 bridgehead atoms. The molecule has 0 unspecified atom stereocenters. The quantitative estimate of drug-likeness (QED) is 0.828. The first-order valence-electron chi connectivity index (χ1n) is 8.99. The third-order valence-corrected chi connectivity index (χ3v) is 4.76. The van der Waals surface area contributed by atoms with E-state index in [2.05, 4.69) is 29.2 Å². The second-order valence-corrected chi connectivity index (χ2v) is 6.48. The number of amides is 1. The van der Waals surface area contributed by atoms with E-state index in [1.54, 1.807) is 32.4 Å². The molecule has 0 spiro atoms. The highest BCUT2D eigenvalue weighted by atomic mass is 16.5. The van der Waals surface area contributed by atoms with Gasteiger partial charge in [0, 0.05) is 38.3 Å². The van der Waals surface area contributed by atoms with Crippen LogP contribution in [0.15, 0.2) is 48.5 Å². The van der Waals surface area contributed by atoms with Crippen LogP contribution in [0.25, 0.3) is 0 Å². The first-order chi connectivity index (χ1) is 12.7. The fourth-order valence-electron chi connectivity index (χ4n) is 3.33. The van der Waals surface area contributed by atoms with Crippen LogP contribution in [-0.4, -0.2) is 56.1 Å². The first kappa shape index (κ1) is 18.3. The number of methoxy groups -OCH3 is 2. The van der Waals surface area contributed by atoms with Gasteiger partial charge in [-0.3, -0.25) is 9.69 Å². The van der Waals surface area contributed by atoms with Crippen LogP contribution < -0.4 is 9.47 Å². The Bertz CT molecular complexity index is 733. The van der Waals surface area contributed by atoms with Crippen LogP contribution in [0.3, 0.4) is 0 Å². The van der Waals surface area contributed by atoms with Gasteiger partial charge in [-0.2, -0.15) is 0 Å². The van der Waals surface area contributed by atoms with Crippen LogP contribution in [0, 0.1) is 0 Å². The summed E-state index contributed by atoms with van der Waals surface area (Å²) < 4.78 is 10.6. The zero-order valence-corrected chi connectivity index (χ0v) is 15.5. The molecule has 0 aromatic heterocycles. The summed E-state index contributed by atoms with van der Waals surface area (Å²) >= 11 is 0. The lowest BCUT2D eigenvalue weighted by Crippen LogP contribution is -2.35. The van der Waals surface area contributed by atoms with Crippen LogP contribution in [0.1, 0.15) is 22.3 Å². The topological polar surface area (TPSA) is 42.0 Å². The van der Waals surface area contributed by atoms with E-state index in [1.807, 2.05) is 11.0 Å². The van der Waals surface area contributed by atoms with E-state index in [-0.39, 0.29) is 5.91 Å². The molecule has 138 valence electrons. The predicted molar refractivity (Wildman–Crippen MR) is 102 cm³/mol. The Morgan fingerprint density at radius 2 is 1.69 bits per heavy atom. The molecule has 1 aliphatic heterocycles. The average molecular weight is 354 g/mol. The summed E-state index contributed by atoms with van der Waals surface area (Å²) in [6.45, 7) is 4.33. The Balaban J connectivity index is 1.64. The average Bonchev–Trinajstić information content (AvgIpc) is 2.93. The van der Waals surface area contributed by atoms with Crippen molar-refractivity contribution in [1.29, 1.82) is 0 Å². The van der Waals surface area contributed by atoms with Crippen molar-refractivity contribution in [2.75, 3.05) is 40.4 Å². The highest BCUT2D eigenvalue weighted by Crippen LogP contribution is 2.28. The second-order valence-electron chi connectivity index (χ2n) is 6.48. The van der Waals surface area contributed by atoms with Gasteiger partial charge in [0.25, 0.3) is 5.91 Å². The summed E-state index contributed by atoms with van der Waals surface area (Å²) in [7, 11) is 3.18. The van der Waals surface area contributed by atoms with E-state index < -0.39 is 0 Å². The Hall–Kier alpha value is -2.53. The number of hydrogen-bond acceptors (Lipinski definition) is 4. The van der Waals surface area contributed by atoms with E-state index in [4.69, 9.17) is 9.47 Å². The molecule has 0 aliphatic carbocycles. The fourth-order valence-corrected chi connectivity index (χ4v) is 3.33. The molecule has 5 heteroatoms. The normalized spacial score (nSPS) is 15.4. The van der Waals surface area contributed by atoms with Crippen molar-refractivity contribution in [3.05, 3.63) is 59.7 Å². The molecule has 1 saturated heterocycles. The highest BCUT2D eigenvalue weighted by Gasteiger charge is 2.21. The monoisotopic (exact) mass is 354 g/mol. The van der Waals surface area contributed by atoms with Crippen molar-refractivity contribution in [3.8, 4) is 11.5 Å². The summed E-state index contributed by atoms with van der Waals surface area (Å²) in [4.78, 5) is 17.2. The fraction of sp³-hybridized carbons (Fsp3) is 0.381. The number of rotatable bonds is 5. The minimum Gasteiger partial charge on any atom is -0.493 e. The summed E-state index contributed by atoms with van der Waals surface area (Å²) in [6.07, 6.45) is 0.978. The predicted octanol–water partition coefficient (Wildman–Crippen LogP) is 3.05. The van der Waals surface area contributed by atoms with E-state index in [0.717, 1.165) is 39.1 Å². The Morgan fingerprint density at radius 1 is 0.923 bits per heavy atom. The van der Waals surface area contributed by atoms with Crippen molar-refractivity contribution in [1.82, 2.24) is 9.80 Å². The zero-order valence-electron chi connectivity index (χ0n) is 15.5. The number of carbonyl (C=O) groups is 1. The van der Waals surface area contributed by atoms with Gasteiger partial charge in [-0.1, -0.05) is 30.3 Å². The molecule has 1 amide bonds. The molecule has 0 N–H and O–H groups in total. The Morgan fingerprint density at radius 3 is 2.42 bits per heavy atom. The zero-order chi connectivity index (χ0) is 18.4. The highest BCUT2D eigenvalue weighted by molar-refractivity contribution is 5.95. The largest absolute Gasteiger partial charge is 0.493 e. The minimum atomic E-state index is 0.0486. The molecule has 0 radical (unpaired) electrons. The lowest BCUT2D eigenvalue weighted by Gasteiger charge is -2.22. The van der Waals surface area contributed by atoms with Crippen LogP contribution in [-0.2, 0) is 6.54 Å². The van der Waals surface area contributed by atoms with E-state index in [1.165, 1.54) is 5.56 Å². The minimum absolute atomic E-state index is 0.0486. The molecule has 2 aromatic carbocycles. The van der Waals surface area contributed by atoms with Gasteiger partial charge >= 0.3 is 0 Å². The van der Waals surface area contributed by atoms with Gasteiger partial charge < -0.3 is 14.4 Å². The van der Waals surface area contributed by atoms with Crippen LogP contribution >= 0.6 is 0 Å². The van der Waals surface area contributed by atoms with Crippen molar-refractivity contribution in [2.24, 2.45) is 0 Å². The summed E-state index contributed by atoms with van der Waals surface area (Å²) in [5, 5.41) is 0. The molecule has 0 atom stereocenters. The maximum atomic E-state index is 12.9. The summed E-state index contributed by atoms with van der Waals surface area (Å²) in [5.41, 5.74) is 1.95.